The molecule has 0 saturated carbocycles. The molecule has 1 aromatic carbocycles. The van der Waals surface area contributed by atoms with Crippen LogP contribution in [0.5, 0.6) is 5.88 Å². The van der Waals surface area contributed by atoms with Crippen LogP contribution in [0.15, 0.2) is 30.5 Å². The van der Waals surface area contributed by atoms with Crippen molar-refractivity contribution in [2.24, 2.45) is 0 Å². The maximum Gasteiger partial charge on any atom is 0.534 e. The number of aromatic carboxylic acids is 1. The number of hydrogen-bond donors (Lipinski definition) is 1. The molecule has 2 rings (SSSR count). The quantitative estimate of drug-likeness (QED) is 0.688. The molecule has 0 saturated heterocycles. The minimum absolute atomic E-state index is 0.178. The Bertz CT molecular complexity index is 811. The fraction of sp³-hybridized carbons (Fsp3) is 0.0909. The normalized spacial score (nSPS) is 12.3. The Morgan fingerprint density at radius 3 is 2.48 bits per heavy atom. The first-order valence-electron chi connectivity index (χ1n) is 5.25. The molecule has 1 N–H and O–H groups in total. The number of carbonyl (C=O) groups is 1. The Morgan fingerprint density at radius 1 is 1.24 bits per heavy atom. The lowest BCUT2D eigenvalue weighted by molar-refractivity contribution is -0.0500. The third-order valence-electron chi connectivity index (χ3n) is 2.46. The molecule has 0 radical (unpaired) electrons. The number of nitrogens with zero attached hydrogens (tertiary/aromatic N) is 1. The van der Waals surface area contributed by atoms with E-state index in [9.17, 15) is 26.4 Å². The maximum atomic E-state index is 12.3. The topological polar surface area (TPSA) is 93.6 Å². The van der Waals surface area contributed by atoms with Crippen molar-refractivity contribution < 1.29 is 35.7 Å². The van der Waals surface area contributed by atoms with E-state index in [0.717, 1.165) is 12.3 Å². The molecule has 0 fully saturated rings. The number of hydrogen-bond acceptors (Lipinski definition) is 5. The summed E-state index contributed by atoms with van der Waals surface area (Å²) in [5.41, 5.74) is -6.07. The highest BCUT2D eigenvalue weighted by molar-refractivity contribution is 7.88. The highest BCUT2D eigenvalue weighted by Gasteiger charge is 2.49. The first-order valence-corrected chi connectivity index (χ1v) is 6.66. The van der Waals surface area contributed by atoms with Crippen LogP contribution in [0.2, 0.25) is 0 Å². The van der Waals surface area contributed by atoms with Crippen molar-refractivity contribution in [3.63, 3.8) is 0 Å². The first-order chi connectivity index (χ1) is 9.63. The molecule has 10 heteroatoms. The molecule has 0 amide bonds. The Hall–Kier alpha value is -2.36. The molecule has 0 aliphatic heterocycles. The predicted molar refractivity (Wildman–Crippen MR) is 64.3 cm³/mol. The van der Waals surface area contributed by atoms with E-state index in [2.05, 4.69) is 9.17 Å². The van der Waals surface area contributed by atoms with Crippen LogP contribution >= 0.6 is 0 Å². The third-order valence-corrected chi connectivity index (χ3v) is 3.40. The number of carboxylic acids is 1. The Labute approximate surface area is 115 Å². The van der Waals surface area contributed by atoms with Crippen molar-refractivity contribution in [2.75, 3.05) is 0 Å². The van der Waals surface area contributed by atoms with Gasteiger partial charge in [0, 0.05) is 6.20 Å². The summed E-state index contributed by atoms with van der Waals surface area (Å²) >= 11 is 0. The molecule has 0 atom stereocenters. The van der Waals surface area contributed by atoms with Gasteiger partial charge in [0.1, 0.15) is 0 Å². The molecule has 21 heavy (non-hydrogen) atoms. The fourth-order valence-corrected chi connectivity index (χ4v) is 2.02. The van der Waals surface area contributed by atoms with Crippen LogP contribution in [0.25, 0.3) is 10.8 Å². The van der Waals surface area contributed by atoms with Gasteiger partial charge in [0.15, 0.2) is 0 Å². The van der Waals surface area contributed by atoms with Crippen LogP contribution in [0.4, 0.5) is 13.2 Å². The summed E-state index contributed by atoms with van der Waals surface area (Å²) in [4.78, 5) is 14.5. The van der Waals surface area contributed by atoms with E-state index in [4.69, 9.17) is 5.11 Å². The van der Waals surface area contributed by atoms with E-state index in [-0.39, 0.29) is 10.8 Å². The van der Waals surface area contributed by atoms with E-state index < -0.39 is 33.0 Å². The van der Waals surface area contributed by atoms with Crippen molar-refractivity contribution in [2.45, 2.75) is 5.51 Å². The summed E-state index contributed by atoms with van der Waals surface area (Å²) in [6.07, 6.45) is 1.01. The van der Waals surface area contributed by atoms with Gasteiger partial charge < -0.3 is 9.29 Å². The number of carboxylic acid groups (broad SMARTS) is 1. The molecular formula is C11H6F3NO5S. The SMILES string of the molecule is O=C(O)c1cccc2ccnc(OS(=O)(=O)C(F)(F)F)c12. The minimum atomic E-state index is -5.94. The van der Waals surface area contributed by atoms with Crippen LogP contribution < -0.4 is 4.18 Å². The van der Waals surface area contributed by atoms with Gasteiger partial charge in [-0.1, -0.05) is 12.1 Å². The average molecular weight is 321 g/mol. The summed E-state index contributed by atoms with van der Waals surface area (Å²) in [5.74, 6) is -2.40. The molecule has 1 aromatic heterocycles. The highest BCUT2D eigenvalue weighted by atomic mass is 32.2. The van der Waals surface area contributed by atoms with Crippen LogP contribution in [-0.4, -0.2) is 30.0 Å². The van der Waals surface area contributed by atoms with Gasteiger partial charge in [0.05, 0.1) is 10.9 Å². The predicted octanol–water partition coefficient (Wildman–Crippen LogP) is 2.16. The molecule has 0 aliphatic rings. The lowest BCUT2D eigenvalue weighted by Crippen LogP contribution is -2.28. The molecule has 2 aromatic rings. The molecule has 1 heterocycles. The van der Waals surface area contributed by atoms with E-state index >= 15 is 0 Å². The van der Waals surface area contributed by atoms with Gasteiger partial charge >= 0.3 is 21.6 Å². The number of halogens is 3. The van der Waals surface area contributed by atoms with Crippen molar-refractivity contribution >= 4 is 26.9 Å². The molecule has 112 valence electrons. The number of alkyl halides is 3. The van der Waals surface area contributed by atoms with E-state index in [1.165, 1.54) is 18.2 Å². The van der Waals surface area contributed by atoms with Crippen molar-refractivity contribution in [3.8, 4) is 5.88 Å². The summed E-state index contributed by atoms with van der Waals surface area (Å²) in [5, 5.41) is 8.86. The first kappa shape index (κ1) is 15.0. The zero-order valence-electron chi connectivity index (χ0n) is 9.96. The fourth-order valence-electron chi connectivity index (χ4n) is 1.59. The Morgan fingerprint density at radius 2 is 1.90 bits per heavy atom. The number of rotatable bonds is 3. The second-order valence-corrected chi connectivity index (χ2v) is 5.35. The molecule has 0 aliphatic carbocycles. The molecule has 0 bridgehead atoms. The summed E-state index contributed by atoms with van der Waals surface area (Å²) in [6.45, 7) is 0. The molecule has 0 unspecified atom stereocenters. The smallest absolute Gasteiger partial charge is 0.478 e. The lowest BCUT2D eigenvalue weighted by atomic mass is 10.1. The lowest BCUT2D eigenvalue weighted by Gasteiger charge is -2.11. The molecular weight excluding hydrogens is 315 g/mol. The second-order valence-electron chi connectivity index (χ2n) is 3.81. The van der Waals surface area contributed by atoms with Gasteiger partial charge in [-0.25, -0.2) is 9.78 Å². The standard InChI is InChI=1S/C11H6F3NO5S/c12-11(13,14)21(18,19)20-9-8-6(4-5-15-9)2-1-3-7(8)10(16)17/h1-5H,(H,16,17). The Kier molecular flexibility index (Phi) is 3.49. The van der Waals surface area contributed by atoms with E-state index in [1.54, 1.807) is 0 Å². The van der Waals surface area contributed by atoms with Gasteiger partial charge in [0.25, 0.3) is 0 Å². The van der Waals surface area contributed by atoms with Crippen molar-refractivity contribution in [1.29, 1.82) is 0 Å². The second kappa shape index (κ2) is 4.88. The minimum Gasteiger partial charge on any atom is -0.478 e. The third kappa shape index (κ3) is 2.75. The largest absolute Gasteiger partial charge is 0.534 e. The monoisotopic (exact) mass is 321 g/mol. The van der Waals surface area contributed by atoms with Crippen molar-refractivity contribution in [3.05, 3.63) is 36.0 Å². The highest BCUT2D eigenvalue weighted by Crippen LogP contribution is 2.31. The zero-order chi connectivity index (χ0) is 15.8. The zero-order valence-corrected chi connectivity index (χ0v) is 10.8. The van der Waals surface area contributed by atoms with Crippen LogP contribution in [0, 0.1) is 0 Å². The van der Waals surface area contributed by atoms with E-state index in [1.807, 2.05) is 0 Å². The summed E-state index contributed by atoms with van der Waals surface area (Å²) in [6, 6.07) is 5.15. The van der Waals surface area contributed by atoms with E-state index in [0.29, 0.717) is 0 Å². The van der Waals surface area contributed by atoms with Gasteiger partial charge in [-0.15, -0.1) is 0 Å². The number of pyridine rings is 1. The van der Waals surface area contributed by atoms with Crippen LogP contribution in [0.3, 0.4) is 0 Å². The van der Waals surface area contributed by atoms with Crippen LogP contribution in [0.1, 0.15) is 10.4 Å². The van der Waals surface area contributed by atoms with Gasteiger partial charge in [-0.05, 0) is 17.5 Å². The van der Waals surface area contributed by atoms with Gasteiger partial charge in [-0.2, -0.15) is 21.6 Å². The molecule has 6 nitrogen and oxygen atoms in total. The summed E-state index contributed by atoms with van der Waals surface area (Å²) < 4.78 is 62.9. The number of fused-ring (bicyclic) bond motifs is 1. The average Bonchev–Trinajstić information content (AvgIpc) is 2.36. The number of aromatic nitrogens is 1. The number of benzene rings is 1. The summed E-state index contributed by atoms with van der Waals surface area (Å²) in [7, 11) is -5.94. The van der Waals surface area contributed by atoms with Crippen LogP contribution in [-0.2, 0) is 10.1 Å². The molecule has 0 spiro atoms. The van der Waals surface area contributed by atoms with Gasteiger partial charge in [0.2, 0.25) is 5.88 Å². The van der Waals surface area contributed by atoms with Crippen molar-refractivity contribution in [1.82, 2.24) is 4.98 Å². The Balaban J connectivity index is 2.69. The maximum absolute atomic E-state index is 12.3. The van der Waals surface area contributed by atoms with Gasteiger partial charge in [-0.3, -0.25) is 0 Å².